The molecule has 3 rings (SSSR count). The van der Waals surface area contributed by atoms with Crippen molar-refractivity contribution in [1.29, 1.82) is 0 Å². The molecule has 1 aromatic carbocycles. The predicted octanol–water partition coefficient (Wildman–Crippen LogP) is 2.68. The van der Waals surface area contributed by atoms with E-state index in [2.05, 4.69) is 11.4 Å². The fraction of sp³-hybridized carbons (Fsp3) is 0.478. The molecule has 2 amide bonds. The number of para-hydroxylation sites is 1. The van der Waals surface area contributed by atoms with E-state index in [9.17, 15) is 9.59 Å². The lowest BCUT2D eigenvalue weighted by molar-refractivity contribution is -0.145. The number of hydrogen-bond donors (Lipinski definition) is 0. The molecule has 8 heteroatoms. The Bertz CT molecular complexity index is 884. The second kappa shape index (κ2) is 11.3. The summed E-state index contributed by atoms with van der Waals surface area (Å²) in [6.07, 6.45) is 0.809. The van der Waals surface area contributed by atoms with E-state index in [1.807, 2.05) is 36.1 Å². The zero-order valence-electron chi connectivity index (χ0n) is 18.3. The lowest BCUT2D eigenvalue weighted by Gasteiger charge is -2.37. The molecule has 31 heavy (non-hydrogen) atoms. The van der Waals surface area contributed by atoms with Crippen LogP contribution in [0.5, 0.6) is 5.75 Å². The number of thiophene rings is 1. The number of hydrogen-bond acceptors (Lipinski definition) is 6. The molecule has 0 spiro atoms. The van der Waals surface area contributed by atoms with Crippen LogP contribution in [0.25, 0.3) is 0 Å². The van der Waals surface area contributed by atoms with Crippen LogP contribution in [0.4, 0.5) is 0 Å². The van der Waals surface area contributed by atoms with Gasteiger partial charge in [0.15, 0.2) is 0 Å². The Morgan fingerprint density at radius 1 is 1.19 bits per heavy atom. The normalized spacial score (nSPS) is 15.5. The van der Waals surface area contributed by atoms with Gasteiger partial charge in [-0.15, -0.1) is 11.3 Å². The molecule has 1 aliphatic heterocycles. The molecule has 7 nitrogen and oxygen atoms in total. The summed E-state index contributed by atoms with van der Waals surface area (Å²) in [5.74, 6) is 0.485. The predicted molar refractivity (Wildman–Crippen MR) is 119 cm³/mol. The Balaban J connectivity index is 1.76. The molecule has 0 aliphatic carbocycles. The average Bonchev–Trinajstić information content (AvgIpc) is 3.25. The molecular weight excluding hydrogens is 416 g/mol. The molecule has 0 fully saturated rings. The average molecular weight is 447 g/mol. The van der Waals surface area contributed by atoms with E-state index in [0.717, 1.165) is 23.3 Å². The van der Waals surface area contributed by atoms with Crippen molar-refractivity contribution in [2.24, 2.45) is 0 Å². The SMILES string of the molecule is COCCN(CC(=O)N1CCc2sccc2[C@H]1COc1ccccc1C)C(=O)COC. The number of aryl methyl sites for hydroxylation is 1. The van der Waals surface area contributed by atoms with E-state index in [1.165, 1.54) is 16.9 Å². The summed E-state index contributed by atoms with van der Waals surface area (Å²) in [7, 11) is 3.04. The molecule has 168 valence electrons. The highest BCUT2D eigenvalue weighted by Gasteiger charge is 2.33. The topological polar surface area (TPSA) is 68.3 Å². The van der Waals surface area contributed by atoms with Gasteiger partial charge in [0.05, 0.1) is 19.2 Å². The summed E-state index contributed by atoms with van der Waals surface area (Å²) < 4.78 is 16.2. The van der Waals surface area contributed by atoms with Crippen molar-refractivity contribution in [2.45, 2.75) is 19.4 Å². The Kier molecular flexibility index (Phi) is 8.45. The molecule has 2 heterocycles. The molecule has 0 bridgehead atoms. The van der Waals surface area contributed by atoms with Crippen LogP contribution in [0.15, 0.2) is 35.7 Å². The molecule has 0 unspecified atom stereocenters. The lowest BCUT2D eigenvalue weighted by atomic mass is 10.0. The summed E-state index contributed by atoms with van der Waals surface area (Å²) in [5.41, 5.74) is 2.18. The van der Waals surface area contributed by atoms with Gasteiger partial charge >= 0.3 is 0 Å². The minimum absolute atomic E-state index is 0.00805. The van der Waals surface area contributed by atoms with Crippen LogP contribution in [-0.4, -0.2) is 75.3 Å². The zero-order valence-corrected chi connectivity index (χ0v) is 19.2. The molecule has 1 aliphatic rings. The minimum atomic E-state index is -0.228. The third-order valence-corrected chi connectivity index (χ3v) is 6.41. The van der Waals surface area contributed by atoms with E-state index in [0.29, 0.717) is 26.3 Å². The van der Waals surface area contributed by atoms with Crippen molar-refractivity contribution in [3.8, 4) is 5.75 Å². The summed E-state index contributed by atoms with van der Waals surface area (Å²) in [6.45, 7) is 3.60. The molecule has 1 atom stereocenters. The summed E-state index contributed by atoms with van der Waals surface area (Å²) >= 11 is 1.71. The Morgan fingerprint density at radius 3 is 2.74 bits per heavy atom. The molecule has 1 aromatic heterocycles. The van der Waals surface area contributed by atoms with Gasteiger partial charge in [0.1, 0.15) is 19.0 Å². The number of nitrogens with zero attached hydrogens (tertiary/aromatic N) is 2. The standard InChI is InChI=1S/C23H30N2O5S/c1-17-6-4-5-7-20(17)30-15-19-18-9-13-31-21(18)8-10-25(19)22(26)14-24(11-12-28-2)23(27)16-29-3/h4-7,9,13,19H,8,10-12,14-16H2,1-3H3/t19-/m1/s1. The number of benzene rings is 1. The van der Waals surface area contributed by atoms with Gasteiger partial charge in [0, 0.05) is 32.2 Å². The molecular formula is C23H30N2O5S. The Hall–Kier alpha value is -2.42. The minimum Gasteiger partial charge on any atom is -0.491 e. The summed E-state index contributed by atoms with van der Waals surface area (Å²) in [4.78, 5) is 30.3. The van der Waals surface area contributed by atoms with Crippen LogP contribution >= 0.6 is 11.3 Å². The van der Waals surface area contributed by atoms with Crippen molar-refractivity contribution in [2.75, 3.05) is 53.7 Å². The number of carbonyl (C=O) groups is 2. The van der Waals surface area contributed by atoms with E-state index in [-0.39, 0.29) is 31.0 Å². The van der Waals surface area contributed by atoms with Gasteiger partial charge in [-0.3, -0.25) is 9.59 Å². The summed E-state index contributed by atoms with van der Waals surface area (Å²) in [6, 6.07) is 9.74. The first-order chi connectivity index (χ1) is 15.0. The largest absolute Gasteiger partial charge is 0.491 e. The van der Waals surface area contributed by atoms with Gasteiger partial charge in [0.2, 0.25) is 11.8 Å². The van der Waals surface area contributed by atoms with Crippen LogP contribution in [0.3, 0.4) is 0 Å². The maximum Gasteiger partial charge on any atom is 0.249 e. The second-order valence-electron chi connectivity index (χ2n) is 7.47. The fourth-order valence-corrected chi connectivity index (χ4v) is 4.65. The maximum atomic E-state index is 13.3. The Morgan fingerprint density at radius 2 is 2.00 bits per heavy atom. The number of rotatable bonds is 10. The van der Waals surface area contributed by atoms with Gasteiger partial charge < -0.3 is 24.0 Å². The number of methoxy groups -OCH3 is 2. The van der Waals surface area contributed by atoms with E-state index >= 15 is 0 Å². The second-order valence-corrected chi connectivity index (χ2v) is 8.47. The van der Waals surface area contributed by atoms with Crippen LogP contribution in [-0.2, 0) is 25.5 Å². The number of carbonyl (C=O) groups excluding carboxylic acids is 2. The number of ether oxygens (including phenoxy) is 3. The van der Waals surface area contributed by atoms with Crippen molar-refractivity contribution >= 4 is 23.2 Å². The first kappa shape index (κ1) is 23.2. The van der Waals surface area contributed by atoms with E-state index < -0.39 is 0 Å². The number of amides is 2. The van der Waals surface area contributed by atoms with E-state index in [1.54, 1.807) is 18.4 Å². The molecule has 2 aromatic rings. The fourth-order valence-electron chi connectivity index (χ4n) is 3.72. The third kappa shape index (κ3) is 5.84. The highest BCUT2D eigenvalue weighted by atomic mass is 32.1. The first-order valence-electron chi connectivity index (χ1n) is 10.3. The van der Waals surface area contributed by atoms with Crippen molar-refractivity contribution in [3.63, 3.8) is 0 Å². The molecule has 0 radical (unpaired) electrons. The maximum absolute atomic E-state index is 13.3. The van der Waals surface area contributed by atoms with Gasteiger partial charge in [-0.1, -0.05) is 18.2 Å². The van der Waals surface area contributed by atoms with Crippen LogP contribution in [0.1, 0.15) is 22.0 Å². The quantitative estimate of drug-likeness (QED) is 0.561. The van der Waals surface area contributed by atoms with Gasteiger partial charge in [-0.05, 0) is 42.0 Å². The highest BCUT2D eigenvalue weighted by Crippen LogP contribution is 2.34. The molecule has 0 saturated carbocycles. The van der Waals surface area contributed by atoms with E-state index in [4.69, 9.17) is 14.2 Å². The van der Waals surface area contributed by atoms with Crippen LogP contribution < -0.4 is 4.74 Å². The monoisotopic (exact) mass is 446 g/mol. The highest BCUT2D eigenvalue weighted by molar-refractivity contribution is 7.10. The smallest absolute Gasteiger partial charge is 0.249 e. The van der Waals surface area contributed by atoms with Crippen LogP contribution in [0.2, 0.25) is 0 Å². The number of fused-ring (bicyclic) bond motifs is 1. The Labute approximate surface area is 187 Å². The van der Waals surface area contributed by atoms with Gasteiger partial charge in [-0.25, -0.2) is 0 Å². The molecule has 0 N–H and O–H groups in total. The third-order valence-electron chi connectivity index (χ3n) is 5.42. The molecule has 0 saturated heterocycles. The van der Waals surface area contributed by atoms with Gasteiger partial charge in [0.25, 0.3) is 0 Å². The van der Waals surface area contributed by atoms with Crippen LogP contribution in [0, 0.1) is 6.92 Å². The van der Waals surface area contributed by atoms with Crippen molar-refractivity contribution < 1.29 is 23.8 Å². The zero-order chi connectivity index (χ0) is 22.2. The first-order valence-corrected chi connectivity index (χ1v) is 11.2. The van der Waals surface area contributed by atoms with Crippen molar-refractivity contribution in [3.05, 3.63) is 51.7 Å². The lowest BCUT2D eigenvalue weighted by Crippen LogP contribution is -2.49. The van der Waals surface area contributed by atoms with Gasteiger partial charge in [-0.2, -0.15) is 0 Å². The van der Waals surface area contributed by atoms with Crippen molar-refractivity contribution in [1.82, 2.24) is 9.80 Å². The summed E-state index contributed by atoms with van der Waals surface area (Å²) in [5, 5.41) is 2.06.